The molecule has 0 saturated carbocycles. The Balaban J connectivity index is 2.07. The van der Waals surface area contributed by atoms with E-state index in [1.165, 1.54) is 26.7 Å². The van der Waals surface area contributed by atoms with E-state index in [9.17, 15) is 0 Å². The van der Waals surface area contributed by atoms with Crippen LogP contribution in [0.15, 0.2) is 54.7 Å². The van der Waals surface area contributed by atoms with Gasteiger partial charge >= 0.3 is 124 Å². The normalized spacial score (nSPS) is 10.6. The van der Waals surface area contributed by atoms with Gasteiger partial charge in [-0.3, -0.25) is 0 Å². The Morgan fingerprint density at radius 1 is 0.895 bits per heavy atom. The van der Waals surface area contributed by atoms with Crippen molar-refractivity contribution in [2.45, 2.75) is 6.92 Å². The van der Waals surface area contributed by atoms with E-state index in [2.05, 4.69) is 47.3 Å². The molecule has 1 nitrogen and oxygen atoms in total. The molecule has 3 aromatic rings. The molecule has 0 radical (unpaired) electrons. The fourth-order valence-corrected chi connectivity index (χ4v) is 3.74. The number of aryl methyl sites for hydroxylation is 1. The van der Waals surface area contributed by atoms with Crippen molar-refractivity contribution in [2.24, 2.45) is 0 Å². The zero-order chi connectivity index (χ0) is 13.2. The van der Waals surface area contributed by atoms with Crippen molar-refractivity contribution in [3.05, 3.63) is 65.3 Å². The SMILES string of the molecule is Cc1ccc(-c2cn[se]c2-c2ccc(Cl)cc2)cc1. The minimum atomic E-state index is 0.161. The van der Waals surface area contributed by atoms with Gasteiger partial charge in [-0.05, 0) is 0 Å². The van der Waals surface area contributed by atoms with E-state index in [0.29, 0.717) is 0 Å². The molecule has 0 spiro atoms. The van der Waals surface area contributed by atoms with Crippen molar-refractivity contribution in [1.82, 2.24) is 3.98 Å². The van der Waals surface area contributed by atoms with E-state index in [0.717, 1.165) is 5.02 Å². The molecule has 0 bridgehead atoms. The first kappa shape index (κ1) is 12.7. The van der Waals surface area contributed by atoms with Gasteiger partial charge < -0.3 is 0 Å². The first-order valence-electron chi connectivity index (χ1n) is 6.02. The molecular formula is C16H12ClNSe. The second-order valence-corrected chi connectivity index (χ2v) is 6.56. The number of nitrogens with zero attached hydrogens (tertiary/aromatic N) is 1. The van der Waals surface area contributed by atoms with E-state index >= 15 is 0 Å². The van der Waals surface area contributed by atoms with Crippen LogP contribution in [0.4, 0.5) is 0 Å². The van der Waals surface area contributed by atoms with Crippen LogP contribution in [0.2, 0.25) is 5.02 Å². The second-order valence-electron chi connectivity index (χ2n) is 4.44. The van der Waals surface area contributed by atoms with E-state index < -0.39 is 0 Å². The maximum atomic E-state index is 5.95. The molecule has 3 heteroatoms. The summed E-state index contributed by atoms with van der Waals surface area (Å²) in [6.07, 6.45) is 1.99. The minimum absolute atomic E-state index is 0.161. The fourth-order valence-electron chi connectivity index (χ4n) is 1.99. The van der Waals surface area contributed by atoms with Crippen molar-refractivity contribution < 1.29 is 0 Å². The molecular weight excluding hydrogens is 321 g/mol. The Bertz CT molecular complexity index is 624. The fraction of sp³-hybridized carbons (Fsp3) is 0.0625. The van der Waals surface area contributed by atoms with Crippen LogP contribution in [0.3, 0.4) is 0 Å². The second kappa shape index (κ2) is 5.34. The summed E-state index contributed by atoms with van der Waals surface area (Å²) in [5.41, 5.74) is 4.97. The van der Waals surface area contributed by atoms with Crippen molar-refractivity contribution in [3.8, 4) is 21.1 Å². The molecule has 0 saturated heterocycles. The summed E-state index contributed by atoms with van der Waals surface area (Å²) < 4.78 is 5.80. The predicted molar refractivity (Wildman–Crippen MR) is 81.8 cm³/mol. The average molecular weight is 333 g/mol. The average Bonchev–Trinajstić information content (AvgIpc) is 2.90. The van der Waals surface area contributed by atoms with Crippen LogP contribution >= 0.6 is 11.6 Å². The third kappa shape index (κ3) is 2.66. The van der Waals surface area contributed by atoms with Crippen molar-refractivity contribution in [3.63, 3.8) is 0 Å². The third-order valence-corrected chi connectivity index (χ3v) is 5.07. The number of halogens is 1. The summed E-state index contributed by atoms with van der Waals surface area (Å²) in [4.78, 5) is 0. The third-order valence-electron chi connectivity index (χ3n) is 3.04. The Morgan fingerprint density at radius 2 is 1.53 bits per heavy atom. The van der Waals surface area contributed by atoms with Crippen molar-refractivity contribution in [2.75, 3.05) is 0 Å². The van der Waals surface area contributed by atoms with Crippen molar-refractivity contribution >= 4 is 26.3 Å². The zero-order valence-electron chi connectivity index (χ0n) is 10.4. The van der Waals surface area contributed by atoms with Gasteiger partial charge in [0.15, 0.2) is 0 Å². The Kier molecular flexibility index (Phi) is 3.56. The summed E-state index contributed by atoms with van der Waals surface area (Å²) in [6, 6.07) is 16.6. The molecule has 0 amide bonds. The molecule has 94 valence electrons. The predicted octanol–water partition coefficient (Wildman–Crippen LogP) is 4.43. The van der Waals surface area contributed by atoms with Gasteiger partial charge in [0.25, 0.3) is 0 Å². The molecule has 1 aromatic heterocycles. The Labute approximate surface area is 123 Å². The van der Waals surface area contributed by atoms with E-state index in [1.54, 1.807) is 0 Å². The summed E-state index contributed by atoms with van der Waals surface area (Å²) in [6.45, 7) is 2.10. The molecule has 3 rings (SSSR count). The van der Waals surface area contributed by atoms with Crippen LogP contribution < -0.4 is 0 Å². The Hall–Kier alpha value is -1.34. The van der Waals surface area contributed by atoms with Gasteiger partial charge in [-0.25, -0.2) is 0 Å². The zero-order valence-corrected chi connectivity index (χ0v) is 12.9. The molecule has 0 aliphatic rings. The quantitative estimate of drug-likeness (QED) is 0.632. The van der Waals surface area contributed by atoms with Gasteiger partial charge in [-0.15, -0.1) is 0 Å². The van der Waals surface area contributed by atoms with E-state index in [-0.39, 0.29) is 14.7 Å². The number of aromatic nitrogens is 1. The number of hydrogen-bond donors (Lipinski definition) is 0. The summed E-state index contributed by atoms with van der Waals surface area (Å²) >= 11 is 6.11. The standard InChI is InChI=1S/C16H12ClNSe/c1-11-2-4-12(5-3-11)15-10-18-19-16(15)13-6-8-14(17)9-7-13/h2-10H,1H3. The molecule has 2 aromatic carbocycles. The summed E-state index contributed by atoms with van der Waals surface area (Å²) in [5, 5.41) is 0.771. The van der Waals surface area contributed by atoms with Crippen LogP contribution in [0.1, 0.15) is 5.56 Å². The monoisotopic (exact) mass is 333 g/mol. The van der Waals surface area contributed by atoms with E-state index in [1.807, 2.05) is 18.3 Å². The molecule has 0 fully saturated rings. The van der Waals surface area contributed by atoms with Gasteiger partial charge in [0.2, 0.25) is 0 Å². The van der Waals surface area contributed by atoms with Gasteiger partial charge in [-0.2, -0.15) is 0 Å². The van der Waals surface area contributed by atoms with Gasteiger partial charge in [-0.1, -0.05) is 0 Å². The summed E-state index contributed by atoms with van der Waals surface area (Å²) in [7, 11) is 0. The molecule has 0 aliphatic heterocycles. The van der Waals surface area contributed by atoms with Crippen LogP contribution in [0, 0.1) is 6.92 Å². The van der Waals surface area contributed by atoms with Crippen LogP contribution in [-0.2, 0) is 0 Å². The molecule has 1 heterocycles. The van der Waals surface area contributed by atoms with Crippen LogP contribution in [-0.4, -0.2) is 18.7 Å². The topological polar surface area (TPSA) is 12.9 Å². The molecule has 19 heavy (non-hydrogen) atoms. The van der Waals surface area contributed by atoms with Gasteiger partial charge in [0, 0.05) is 0 Å². The van der Waals surface area contributed by atoms with Gasteiger partial charge in [0.05, 0.1) is 0 Å². The first-order chi connectivity index (χ1) is 9.24. The van der Waals surface area contributed by atoms with E-state index in [4.69, 9.17) is 11.6 Å². The van der Waals surface area contributed by atoms with Gasteiger partial charge in [0.1, 0.15) is 0 Å². The Morgan fingerprint density at radius 3 is 2.21 bits per heavy atom. The molecule has 0 aliphatic carbocycles. The number of hydrogen-bond acceptors (Lipinski definition) is 1. The first-order valence-corrected chi connectivity index (χ1v) is 8.02. The van der Waals surface area contributed by atoms with Crippen LogP contribution in [0.25, 0.3) is 21.1 Å². The summed E-state index contributed by atoms with van der Waals surface area (Å²) in [5.74, 6) is 0. The molecule has 0 unspecified atom stereocenters. The maximum absolute atomic E-state index is 5.95. The number of benzene rings is 2. The van der Waals surface area contributed by atoms with Crippen molar-refractivity contribution in [1.29, 1.82) is 0 Å². The molecule has 0 N–H and O–H groups in total. The molecule has 0 atom stereocenters. The van der Waals surface area contributed by atoms with Crippen LogP contribution in [0.5, 0.6) is 0 Å². The number of rotatable bonds is 2.